The van der Waals surface area contributed by atoms with E-state index in [9.17, 15) is 21.6 Å². The monoisotopic (exact) mass is 569 g/mol. The molecule has 2 heterocycles. The van der Waals surface area contributed by atoms with E-state index in [2.05, 4.69) is 15.0 Å². The summed E-state index contributed by atoms with van der Waals surface area (Å²) >= 11 is 1.20. The summed E-state index contributed by atoms with van der Waals surface area (Å²) in [5, 5.41) is 3.05. The Morgan fingerprint density at radius 3 is 2.34 bits per heavy atom. The van der Waals surface area contributed by atoms with Gasteiger partial charge in [0.1, 0.15) is 10.3 Å². The topological polar surface area (TPSA) is 77.0 Å². The molecule has 7 nitrogen and oxygen atoms in total. The summed E-state index contributed by atoms with van der Waals surface area (Å²) in [6.45, 7) is 4.89. The zero-order valence-electron chi connectivity index (χ0n) is 16.5. The number of nitrogens with one attached hydrogen (secondary N) is 2. The molecular weight excluding hydrogens is 542 g/mol. The second-order valence-corrected chi connectivity index (χ2v) is 9.76. The van der Waals surface area contributed by atoms with Gasteiger partial charge in [0.25, 0.3) is 0 Å². The highest BCUT2D eigenvalue weighted by molar-refractivity contribution is 14.0. The summed E-state index contributed by atoms with van der Waals surface area (Å²) in [4.78, 5) is 8.33. The van der Waals surface area contributed by atoms with Gasteiger partial charge in [-0.3, -0.25) is 9.89 Å². The van der Waals surface area contributed by atoms with E-state index in [1.807, 2.05) is 11.8 Å². The number of alkyl halides is 3. The molecule has 1 aliphatic heterocycles. The highest BCUT2D eigenvalue weighted by Crippen LogP contribution is 2.25. The van der Waals surface area contributed by atoms with E-state index >= 15 is 0 Å². The number of aryl methyl sites for hydroxylation is 1. The minimum absolute atomic E-state index is 0. The zero-order valence-corrected chi connectivity index (χ0v) is 20.5. The smallest absolute Gasteiger partial charge is 0.355 e. The molecule has 0 radical (unpaired) electrons. The lowest BCUT2D eigenvalue weighted by Crippen LogP contribution is -2.57. The molecular formula is C16H27F3IN5O2S2. The number of aliphatic imine (C=N–C) groups is 1. The maximum absolute atomic E-state index is 12.8. The molecule has 1 aliphatic rings. The molecule has 13 heteroatoms. The molecule has 1 fully saturated rings. The van der Waals surface area contributed by atoms with Crippen molar-refractivity contribution in [3.63, 3.8) is 0 Å². The van der Waals surface area contributed by atoms with Crippen molar-refractivity contribution in [2.24, 2.45) is 4.99 Å². The third-order valence-corrected chi connectivity index (χ3v) is 7.48. The van der Waals surface area contributed by atoms with Crippen LogP contribution in [0.5, 0.6) is 0 Å². The van der Waals surface area contributed by atoms with Crippen molar-refractivity contribution in [1.82, 2.24) is 19.8 Å². The lowest BCUT2D eigenvalue weighted by atomic mass is 10.2. The number of piperazine rings is 1. The first kappa shape index (κ1) is 26.4. The Labute approximate surface area is 190 Å². The molecule has 1 saturated heterocycles. The fourth-order valence-electron chi connectivity index (χ4n) is 2.85. The van der Waals surface area contributed by atoms with Gasteiger partial charge in [0.15, 0.2) is 5.96 Å². The number of hydrogen-bond acceptors (Lipinski definition) is 5. The highest BCUT2D eigenvalue weighted by Gasteiger charge is 2.41. The molecule has 1 aromatic rings. The Kier molecular flexibility index (Phi) is 10.1. The van der Waals surface area contributed by atoms with Gasteiger partial charge in [0, 0.05) is 51.2 Å². The van der Waals surface area contributed by atoms with Gasteiger partial charge < -0.3 is 10.2 Å². The summed E-state index contributed by atoms with van der Waals surface area (Å²) in [5.41, 5.74) is 0. The Balaban J connectivity index is 0.00000420. The highest BCUT2D eigenvalue weighted by atomic mass is 127. The van der Waals surface area contributed by atoms with E-state index in [4.69, 9.17) is 0 Å². The fraction of sp³-hybridized carbons (Fsp3) is 0.688. The average molecular weight is 569 g/mol. The number of rotatable bonds is 6. The molecule has 1 unspecified atom stereocenters. The fourth-order valence-corrected chi connectivity index (χ4v) is 5.21. The van der Waals surface area contributed by atoms with Crippen LogP contribution in [0, 0.1) is 6.92 Å². The van der Waals surface area contributed by atoms with Crippen LogP contribution in [-0.2, 0) is 10.0 Å². The predicted molar refractivity (Wildman–Crippen MR) is 120 cm³/mol. The van der Waals surface area contributed by atoms with Crippen molar-refractivity contribution in [2.45, 2.75) is 30.3 Å². The van der Waals surface area contributed by atoms with Crippen molar-refractivity contribution in [3.05, 3.63) is 17.0 Å². The number of thiophene rings is 1. The van der Waals surface area contributed by atoms with Crippen LogP contribution in [0.4, 0.5) is 13.2 Å². The standard InChI is InChI=1S/C16H26F3N5O2S2.HI/c1-12-4-5-14(27-12)28(25,26)22-7-6-21-15(20-3)24-10-8-23(9-11-24)13(2)16(17,18)19;/h4-5,13,22H,6-11H2,1-3H3,(H,20,21);1H. The molecule has 0 bridgehead atoms. The van der Waals surface area contributed by atoms with Crippen LogP contribution in [0.3, 0.4) is 0 Å². The van der Waals surface area contributed by atoms with Crippen molar-refractivity contribution in [3.8, 4) is 0 Å². The van der Waals surface area contributed by atoms with Gasteiger partial charge in [-0.25, -0.2) is 13.1 Å². The van der Waals surface area contributed by atoms with Gasteiger partial charge in [0.05, 0.1) is 0 Å². The molecule has 1 atom stereocenters. The van der Waals surface area contributed by atoms with E-state index in [1.165, 1.54) is 23.2 Å². The first-order valence-electron chi connectivity index (χ1n) is 8.87. The van der Waals surface area contributed by atoms with E-state index in [0.717, 1.165) is 4.88 Å². The molecule has 29 heavy (non-hydrogen) atoms. The quantitative estimate of drug-likeness (QED) is 0.238. The van der Waals surface area contributed by atoms with Crippen LogP contribution in [0.2, 0.25) is 0 Å². The molecule has 2 N–H and O–H groups in total. The summed E-state index contributed by atoms with van der Waals surface area (Å²) in [5.74, 6) is 0.547. The molecule has 1 aromatic heterocycles. The minimum atomic E-state index is -4.24. The van der Waals surface area contributed by atoms with Gasteiger partial charge in [-0.2, -0.15) is 13.2 Å². The van der Waals surface area contributed by atoms with Crippen molar-refractivity contribution >= 4 is 51.3 Å². The Morgan fingerprint density at radius 2 is 1.86 bits per heavy atom. The first-order valence-corrected chi connectivity index (χ1v) is 11.2. The van der Waals surface area contributed by atoms with Gasteiger partial charge in [-0.05, 0) is 26.0 Å². The maximum atomic E-state index is 12.8. The zero-order chi connectivity index (χ0) is 20.9. The lowest BCUT2D eigenvalue weighted by Gasteiger charge is -2.39. The van der Waals surface area contributed by atoms with Crippen molar-refractivity contribution in [1.29, 1.82) is 0 Å². The van der Waals surface area contributed by atoms with Crippen molar-refractivity contribution in [2.75, 3.05) is 46.3 Å². The molecule has 0 aromatic carbocycles. The third-order valence-electron chi connectivity index (χ3n) is 4.53. The number of nitrogens with zero attached hydrogens (tertiary/aromatic N) is 3. The Morgan fingerprint density at radius 1 is 1.24 bits per heavy atom. The number of guanidine groups is 1. The van der Waals surface area contributed by atoms with Crippen LogP contribution >= 0.6 is 35.3 Å². The molecule has 0 saturated carbocycles. The summed E-state index contributed by atoms with van der Waals surface area (Å²) in [7, 11) is -1.95. The molecule has 0 spiro atoms. The van der Waals surface area contributed by atoms with Crippen LogP contribution in [0.25, 0.3) is 0 Å². The van der Waals surface area contributed by atoms with Crippen LogP contribution in [0.15, 0.2) is 21.3 Å². The Hall–Kier alpha value is -0.640. The van der Waals surface area contributed by atoms with Gasteiger partial charge in [-0.15, -0.1) is 35.3 Å². The second-order valence-electron chi connectivity index (χ2n) is 6.48. The lowest BCUT2D eigenvalue weighted by molar-refractivity contribution is -0.181. The maximum Gasteiger partial charge on any atom is 0.403 e. The van der Waals surface area contributed by atoms with Crippen LogP contribution in [0.1, 0.15) is 11.8 Å². The van der Waals surface area contributed by atoms with Crippen LogP contribution in [-0.4, -0.2) is 82.7 Å². The SMILES string of the molecule is CN=C(NCCNS(=O)(=O)c1ccc(C)s1)N1CCN(C(C)C(F)(F)F)CC1.I. The van der Waals surface area contributed by atoms with E-state index in [0.29, 0.717) is 25.6 Å². The first-order chi connectivity index (χ1) is 13.0. The average Bonchev–Trinajstić information content (AvgIpc) is 3.08. The second kappa shape index (κ2) is 11.1. The number of hydrogen-bond donors (Lipinski definition) is 2. The molecule has 0 aliphatic carbocycles. The van der Waals surface area contributed by atoms with Gasteiger partial charge in [-0.1, -0.05) is 0 Å². The van der Waals surface area contributed by atoms with E-state index in [1.54, 1.807) is 19.2 Å². The van der Waals surface area contributed by atoms with Gasteiger partial charge in [0.2, 0.25) is 10.0 Å². The van der Waals surface area contributed by atoms with E-state index in [-0.39, 0.29) is 47.8 Å². The van der Waals surface area contributed by atoms with Crippen molar-refractivity contribution < 1.29 is 21.6 Å². The summed E-state index contributed by atoms with van der Waals surface area (Å²) in [6, 6.07) is 1.84. The normalized spacial score (nSPS) is 17.7. The van der Waals surface area contributed by atoms with E-state index < -0.39 is 22.2 Å². The third kappa shape index (κ3) is 7.52. The van der Waals surface area contributed by atoms with Crippen LogP contribution < -0.4 is 10.0 Å². The molecule has 168 valence electrons. The summed E-state index contributed by atoms with van der Waals surface area (Å²) < 4.78 is 65.6. The Bertz CT molecular complexity index is 778. The van der Waals surface area contributed by atoms with Gasteiger partial charge >= 0.3 is 6.18 Å². The minimum Gasteiger partial charge on any atom is -0.355 e. The molecule has 0 amide bonds. The summed E-state index contributed by atoms with van der Waals surface area (Å²) in [6.07, 6.45) is -4.24. The molecule has 2 rings (SSSR count). The number of halogens is 4. The largest absolute Gasteiger partial charge is 0.403 e. The predicted octanol–water partition coefficient (Wildman–Crippen LogP) is 2.10. The number of sulfonamides is 1.